The van der Waals surface area contributed by atoms with Crippen LogP contribution in [0.4, 0.5) is 4.39 Å². The monoisotopic (exact) mass is 334 g/mol. The molecule has 0 saturated carbocycles. The van der Waals surface area contributed by atoms with Gasteiger partial charge in [0.15, 0.2) is 5.65 Å². The first-order valence-corrected chi connectivity index (χ1v) is 8.10. The van der Waals surface area contributed by atoms with E-state index in [0.717, 1.165) is 22.1 Å². The third-order valence-electron chi connectivity index (χ3n) is 3.86. The van der Waals surface area contributed by atoms with Crippen molar-refractivity contribution in [3.8, 4) is 6.07 Å². The van der Waals surface area contributed by atoms with Crippen molar-refractivity contribution in [3.63, 3.8) is 0 Å². The molecule has 24 heavy (non-hydrogen) atoms. The minimum Gasteiger partial charge on any atom is -0.270 e. The Kier molecular flexibility index (Phi) is 3.44. The fourth-order valence-corrected chi connectivity index (χ4v) is 3.69. The molecule has 116 valence electrons. The van der Waals surface area contributed by atoms with Gasteiger partial charge in [0.05, 0.1) is 5.52 Å². The summed E-state index contributed by atoms with van der Waals surface area (Å²) in [4.78, 5) is 0.524. The summed E-state index contributed by atoms with van der Waals surface area (Å²) in [6.45, 7) is 2.03. The molecule has 0 aliphatic heterocycles. The van der Waals surface area contributed by atoms with Crippen molar-refractivity contribution in [3.05, 3.63) is 65.5 Å². The van der Waals surface area contributed by atoms with E-state index in [1.54, 1.807) is 12.1 Å². The van der Waals surface area contributed by atoms with Gasteiger partial charge in [0, 0.05) is 10.3 Å². The second-order valence-electron chi connectivity index (χ2n) is 5.35. The molecule has 0 amide bonds. The molecule has 4 aromatic rings. The van der Waals surface area contributed by atoms with Crippen LogP contribution >= 0.6 is 11.8 Å². The second-order valence-corrected chi connectivity index (χ2v) is 6.36. The lowest BCUT2D eigenvalue weighted by molar-refractivity contribution is 0.619. The quantitative estimate of drug-likeness (QED) is 0.547. The molecule has 0 saturated heterocycles. The number of nitrogens with zero attached hydrogens (tertiary/aromatic N) is 4. The van der Waals surface area contributed by atoms with Crippen LogP contribution < -0.4 is 0 Å². The van der Waals surface area contributed by atoms with Crippen molar-refractivity contribution in [1.29, 1.82) is 5.26 Å². The SMILES string of the molecule is Cc1cc2nnc(Sc3cccc(F)c3C#N)n2c2ccccc12. The maximum atomic E-state index is 13.8. The molecule has 0 unspecified atom stereocenters. The molecule has 0 radical (unpaired) electrons. The minimum atomic E-state index is -0.531. The fraction of sp³-hybridized carbons (Fsp3) is 0.0556. The van der Waals surface area contributed by atoms with E-state index in [1.165, 1.54) is 17.8 Å². The predicted octanol–water partition coefficient (Wildman–Crippen LogP) is 4.35. The van der Waals surface area contributed by atoms with Crippen LogP contribution in [0.1, 0.15) is 11.1 Å². The Balaban J connectivity index is 1.95. The van der Waals surface area contributed by atoms with Gasteiger partial charge in [-0.05, 0) is 48.5 Å². The van der Waals surface area contributed by atoms with Crippen molar-refractivity contribution in [2.75, 3.05) is 0 Å². The molecule has 0 N–H and O–H groups in total. The number of benzene rings is 2. The molecule has 2 aromatic carbocycles. The Bertz CT molecular complexity index is 1130. The first kappa shape index (κ1) is 14.7. The van der Waals surface area contributed by atoms with Gasteiger partial charge in [0.25, 0.3) is 0 Å². The molecular formula is C18H11FN4S. The lowest BCUT2D eigenvalue weighted by Gasteiger charge is -2.08. The maximum Gasteiger partial charge on any atom is 0.200 e. The lowest BCUT2D eigenvalue weighted by Crippen LogP contribution is -1.94. The van der Waals surface area contributed by atoms with E-state index in [4.69, 9.17) is 0 Å². The van der Waals surface area contributed by atoms with Gasteiger partial charge in [-0.3, -0.25) is 4.40 Å². The number of nitriles is 1. The van der Waals surface area contributed by atoms with Crippen LogP contribution in [0.2, 0.25) is 0 Å². The smallest absolute Gasteiger partial charge is 0.200 e. The zero-order valence-electron chi connectivity index (χ0n) is 12.7. The molecule has 4 nitrogen and oxygen atoms in total. The van der Waals surface area contributed by atoms with Crippen LogP contribution in [0.5, 0.6) is 0 Å². The predicted molar refractivity (Wildman–Crippen MR) is 90.5 cm³/mol. The highest BCUT2D eigenvalue weighted by molar-refractivity contribution is 7.99. The Hall–Kier alpha value is -2.91. The molecule has 0 atom stereocenters. The number of rotatable bonds is 2. The molecule has 0 aliphatic carbocycles. The van der Waals surface area contributed by atoms with Gasteiger partial charge >= 0.3 is 0 Å². The van der Waals surface area contributed by atoms with Crippen molar-refractivity contribution in [2.45, 2.75) is 17.0 Å². The first-order chi connectivity index (χ1) is 11.7. The highest BCUT2D eigenvalue weighted by atomic mass is 32.2. The number of aromatic nitrogens is 3. The summed E-state index contributed by atoms with van der Waals surface area (Å²) in [5, 5.41) is 19.4. The van der Waals surface area contributed by atoms with Crippen molar-refractivity contribution >= 4 is 28.3 Å². The Labute approximate surface area is 141 Å². The summed E-state index contributed by atoms with van der Waals surface area (Å²) in [6.07, 6.45) is 0. The maximum absolute atomic E-state index is 13.8. The van der Waals surface area contributed by atoms with Crippen LogP contribution in [0.25, 0.3) is 16.6 Å². The molecule has 6 heteroatoms. The fourth-order valence-electron chi connectivity index (χ4n) is 2.74. The van der Waals surface area contributed by atoms with Gasteiger partial charge in [0.1, 0.15) is 17.4 Å². The van der Waals surface area contributed by atoms with Gasteiger partial charge in [-0.1, -0.05) is 24.3 Å². The van der Waals surface area contributed by atoms with E-state index >= 15 is 0 Å². The Morgan fingerprint density at radius 3 is 2.79 bits per heavy atom. The number of para-hydroxylation sites is 1. The van der Waals surface area contributed by atoms with Crippen LogP contribution in [-0.4, -0.2) is 14.6 Å². The van der Waals surface area contributed by atoms with Crippen molar-refractivity contribution in [1.82, 2.24) is 14.6 Å². The number of halogens is 1. The third kappa shape index (κ3) is 2.22. The number of fused-ring (bicyclic) bond motifs is 3. The largest absolute Gasteiger partial charge is 0.270 e. The van der Waals surface area contributed by atoms with Crippen LogP contribution in [0, 0.1) is 24.1 Å². The molecule has 0 spiro atoms. The topological polar surface area (TPSA) is 54.0 Å². The van der Waals surface area contributed by atoms with Gasteiger partial charge in [0.2, 0.25) is 5.16 Å². The minimum absolute atomic E-state index is 0.0238. The Morgan fingerprint density at radius 1 is 1.12 bits per heavy atom. The molecule has 0 fully saturated rings. The first-order valence-electron chi connectivity index (χ1n) is 7.29. The summed E-state index contributed by atoms with van der Waals surface area (Å²) >= 11 is 1.24. The van der Waals surface area contributed by atoms with Gasteiger partial charge in [-0.2, -0.15) is 5.26 Å². The van der Waals surface area contributed by atoms with Gasteiger partial charge < -0.3 is 0 Å². The summed E-state index contributed by atoms with van der Waals surface area (Å²) in [6, 6.07) is 16.5. The molecule has 2 aromatic heterocycles. The average Bonchev–Trinajstić information content (AvgIpc) is 2.98. The Morgan fingerprint density at radius 2 is 1.96 bits per heavy atom. The zero-order valence-corrected chi connectivity index (χ0v) is 13.5. The highest BCUT2D eigenvalue weighted by Gasteiger charge is 2.15. The van der Waals surface area contributed by atoms with Gasteiger partial charge in [-0.25, -0.2) is 4.39 Å². The van der Waals surface area contributed by atoms with E-state index in [2.05, 4.69) is 10.2 Å². The number of aryl methyl sites for hydroxylation is 1. The van der Waals surface area contributed by atoms with Crippen LogP contribution in [0.15, 0.2) is 58.6 Å². The molecule has 4 rings (SSSR count). The molecular weight excluding hydrogens is 323 g/mol. The number of pyridine rings is 1. The van der Waals surface area contributed by atoms with Crippen LogP contribution in [0.3, 0.4) is 0 Å². The summed E-state index contributed by atoms with van der Waals surface area (Å²) in [5.41, 5.74) is 2.85. The number of hydrogen-bond donors (Lipinski definition) is 0. The van der Waals surface area contributed by atoms with E-state index in [1.807, 2.05) is 47.7 Å². The molecule has 0 aliphatic rings. The van der Waals surface area contributed by atoms with Crippen molar-refractivity contribution in [2.24, 2.45) is 0 Å². The standard InChI is InChI=1S/C18H11FN4S/c1-11-9-17-21-22-18(23(17)15-7-3-2-5-12(11)15)24-16-8-4-6-14(19)13(16)10-20/h2-9H,1H3. The van der Waals surface area contributed by atoms with Crippen LogP contribution in [-0.2, 0) is 0 Å². The second kappa shape index (κ2) is 5.62. The van der Waals surface area contributed by atoms with E-state index in [0.29, 0.717) is 10.1 Å². The summed E-state index contributed by atoms with van der Waals surface area (Å²) in [7, 11) is 0. The van der Waals surface area contributed by atoms with Gasteiger partial charge in [-0.15, -0.1) is 10.2 Å². The zero-order chi connectivity index (χ0) is 16.7. The third-order valence-corrected chi connectivity index (χ3v) is 4.87. The van der Waals surface area contributed by atoms with E-state index in [-0.39, 0.29) is 5.56 Å². The highest BCUT2D eigenvalue weighted by Crippen LogP contribution is 2.32. The summed E-state index contributed by atoms with van der Waals surface area (Å²) in [5.74, 6) is -0.531. The number of hydrogen-bond acceptors (Lipinski definition) is 4. The lowest BCUT2D eigenvalue weighted by atomic mass is 10.1. The van der Waals surface area contributed by atoms with E-state index < -0.39 is 5.82 Å². The molecule has 0 bridgehead atoms. The average molecular weight is 334 g/mol. The van der Waals surface area contributed by atoms with E-state index in [9.17, 15) is 9.65 Å². The van der Waals surface area contributed by atoms with Crippen molar-refractivity contribution < 1.29 is 4.39 Å². The normalized spacial score (nSPS) is 11.0. The molecule has 2 heterocycles. The summed E-state index contributed by atoms with van der Waals surface area (Å²) < 4.78 is 15.7.